The molecule has 0 unspecified atom stereocenters. The lowest BCUT2D eigenvalue weighted by molar-refractivity contribution is -0.384. The number of nitrogen functional groups attached to an aromatic ring is 1. The standard InChI is InChI=1S/C14H9F4N5O5/c15-8-2-1-7(22(25)26)5-9(8)20-13(24)21-10-3-6(14(16,17)18)4-11(12(10)19)23(27)28/h1-5H,19H2,(H2,20,21,24). The Bertz CT molecular complexity index is 979. The van der Waals surface area contributed by atoms with E-state index in [9.17, 15) is 42.6 Å². The number of nitro benzene ring substituents is 2. The van der Waals surface area contributed by atoms with Crippen LogP contribution in [-0.2, 0) is 6.18 Å². The minimum Gasteiger partial charge on any atom is -0.391 e. The number of nitrogens with zero attached hydrogens (tertiary/aromatic N) is 2. The molecule has 28 heavy (non-hydrogen) atoms. The number of halogens is 4. The predicted octanol–water partition coefficient (Wildman–Crippen LogP) is 3.89. The second-order valence-electron chi connectivity index (χ2n) is 5.21. The molecule has 0 fully saturated rings. The van der Waals surface area contributed by atoms with E-state index in [1.807, 2.05) is 10.6 Å². The molecule has 0 aliphatic heterocycles. The van der Waals surface area contributed by atoms with Gasteiger partial charge in [-0.15, -0.1) is 0 Å². The van der Waals surface area contributed by atoms with Crippen LogP contribution in [0.5, 0.6) is 0 Å². The largest absolute Gasteiger partial charge is 0.416 e. The summed E-state index contributed by atoms with van der Waals surface area (Å²) in [4.78, 5) is 31.5. The minimum atomic E-state index is -4.97. The number of carbonyl (C=O) groups excluding carboxylic acids is 1. The molecular formula is C14H9F4N5O5. The molecule has 0 aromatic heterocycles. The fraction of sp³-hybridized carbons (Fsp3) is 0.0714. The molecule has 2 amide bonds. The first-order valence-electron chi connectivity index (χ1n) is 7.07. The Balaban J connectivity index is 2.36. The second kappa shape index (κ2) is 7.34. The molecule has 0 radical (unpaired) electrons. The lowest BCUT2D eigenvalue weighted by atomic mass is 10.1. The number of hydrogen-bond acceptors (Lipinski definition) is 6. The minimum absolute atomic E-state index is 0.193. The van der Waals surface area contributed by atoms with Crippen LogP contribution < -0.4 is 16.4 Å². The van der Waals surface area contributed by atoms with Crippen LogP contribution in [-0.4, -0.2) is 15.9 Å². The number of nitrogens with two attached hydrogens (primary N) is 1. The molecule has 0 saturated heterocycles. The number of non-ortho nitro benzene ring substituents is 1. The number of alkyl halides is 3. The zero-order valence-corrected chi connectivity index (χ0v) is 13.4. The Labute approximate surface area is 152 Å². The van der Waals surface area contributed by atoms with Gasteiger partial charge in [0.05, 0.1) is 26.8 Å². The molecule has 0 bridgehead atoms. The van der Waals surface area contributed by atoms with Gasteiger partial charge in [-0.2, -0.15) is 13.2 Å². The number of hydrogen-bond donors (Lipinski definition) is 3. The van der Waals surface area contributed by atoms with Gasteiger partial charge in [0, 0.05) is 18.2 Å². The number of nitrogens with one attached hydrogen (secondary N) is 2. The first kappa shape index (κ1) is 20.3. The molecule has 148 valence electrons. The topological polar surface area (TPSA) is 153 Å². The molecule has 2 aromatic carbocycles. The first-order valence-corrected chi connectivity index (χ1v) is 7.07. The average Bonchev–Trinajstić information content (AvgIpc) is 2.57. The summed E-state index contributed by atoms with van der Waals surface area (Å²) in [5.41, 5.74) is 0.118. The zero-order valence-electron chi connectivity index (χ0n) is 13.4. The fourth-order valence-electron chi connectivity index (χ4n) is 2.05. The van der Waals surface area contributed by atoms with Gasteiger partial charge < -0.3 is 16.4 Å². The van der Waals surface area contributed by atoms with Gasteiger partial charge in [-0.3, -0.25) is 20.2 Å². The Morgan fingerprint density at radius 3 is 2.14 bits per heavy atom. The maximum Gasteiger partial charge on any atom is 0.416 e. The van der Waals surface area contributed by atoms with Crippen LogP contribution in [0.1, 0.15) is 5.56 Å². The number of amides is 2. The molecule has 14 heteroatoms. The van der Waals surface area contributed by atoms with Crippen molar-refractivity contribution in [3.63, 3.8) is 0 Å². The van der Waals surface area contributed by atoms with E-state index in [1.165, 1.54) is 0 Å². The molecule has 0 spiro atoms. The summed E-state index contributed by atoms with van der Waals surface area (Å²) in [6.45, 7) is 0. The number of urea groups is 1. The third-order valence-corrected chi connectivity index (χ3v) is 3.34. The van der Waals surface area contributed by atoms with Crippen molar-refractivity contribution < 1.29 is 32.2 Å². The summed E-state index contributed by atoms with van der Waals surface area (Å²) in [6.07, 6.45) is -4.97. The molecule has 10 nitrogen and oxygen atoms in total. The van der Waals surface area contributed by atoms with E-state index in [2.05, 4.69) is 0 Å². The first-order chi connectivity index (χ1) is 12.9. The van der Waals surface area contributed by atoms with Gasteiger partial charge in [-0.1, -0.05) is 0 Å². The van der Waals surface area contributed by atoms with Gasteiger partial charge >= 0.3 is 12.2 Å². The third-order valence-electron chi connectivity index (χ3n) is 3.34. The van der Waals surface area contributed by atoms with Gasteiger partial charge in [-0.25, -0.2) is 9.18 Å². The second-order valence-corrected chi connectivity index (χ2v) is 5.21. The van der Waals surface area contributed by atoms with E-state index in [4.69, 9.17) is 5.73 Å². The molecule has 0 saturated carbocycles. The average molecular weight is 403 g/mol. The highest BCUT2D eigenvalue weighted by molar-refractivity contribution is 6.02. The molecule has 2 rings (SSSR count). The molecule has 0 aliphatic rings. The van der Waals surface area contributed by atoms with E-state index >= 15 is 0 Å². The van der Waals surface area contributed by atoms with Crippen molar-refractivity contribution in [2.45, 2.75) is 6.18 Å². The zero-order chi connectivity index (χ0) is 21.2. The summed E-state index contributed by atoms with van der Waals surface area (Å²) in [6, 6.07) is 1.40. The highest BCUT2D eigenvalue weighted by atomic mass is 19.4. The van der Waals surface area contributed by atoms with Crippen LogP contribution in [0.15, 0.2) is 30.3 Å². The fourth-order valence-corrected chi connectivity index (χ4v) is 2.05. The molecule has 2 aromatic rings. The smallest absolute Gasteiger partial charge is 0.391 e. The van der Waals surface area contributed by atoms with Crippen molar-refractivity contribution in [3.8, 4) is 0 Å². The lowest BCUT2D eigenvalue weighted by Gasteiger charge is -2.13. The SMILES string of the molecule is Nc1c(NC(=O)Nc2cc([N+](=O)[O-])ccc2F)cc(C(F)(F)F)cc1[N+](=O)[O-]. The van der Waals surface area contributed by atoms with Crippen molar-refractivity contribution in [1.82, 2.24) is 0 Å². The van der Waals surface area contributed by atoms with Gasteiger partial charge in [0.2, 0.25) is 0 Å². The van der Waals surface area contributed by atoms with E-state index in [0.717, 1.165) is 6.07 Å². The van der Waals surface area contributed by atoms with Crippen LogP contribution in [0.4, 0.5) is 50.8 Å². The maximum absolute atomic E-state index is 13.7. The number of nitro groups is 2. The normalized spacial score (nSPS) is 11.0. The Morgan fingerprint density at radius 2 is 1.61 bits per heavy atom. The van der Waals surface area contributed by atoms with Gasteiger partial charge in [-0.05, 0) is 12.1 Å². The van der Waals surface area contributed by atoms with Crippen molar-refractivity contribution in [2.24, 2.45) is 0 Å². The summed E-state index contributed by atoms with van der Waals surface area (Å²) >= 11 is 0. The molecule has 0 aliphatic carbocycles. The quantitative estimate of drug-likeness (QED) is 0.305. The van der Waals surface area contributed by atoms with Gasteiger partial charge in [0.15, 0.2) is 0 Å². The monoisotopic (exact) mass is 403 g/mol. The maximum atomic E-state index is 13.7. The Kier molecular flexibility index (Phi) is 5.33. The predicted molar refractivity (Wildman–Crippen MR) is 88.2 cm³/mol. The summed E-state index contributed by atoms with van der Waals surface area (Å²) in [5.74, 6) is -1.07. The number of benzene rings is 2. The Hall–Kier alpha value is -3.97. The molecule has 0 heterocycles. The molecular weight excluding hydrogens is 394 g/mol. The van der Waals surface area contributed by atoms with Crippen LogP contribution in [0.25, 0.3) is 0 Å². The molecule has 4 N–H and O–H groups in total. The molecule has 0 atom stereocenters. The van der Waals surface area contributed by atoms with Crippen molar-refractivity contribution in [2.75, 3.05) is 16.4 Å². The van der Waals surface area contributed by atoms with Crippen LogP contribution >= 0.6 is 0 Å². The highest BCUT2D eigenvalue weighted by Gasteiger charge is 2.34. The van der Waals surface area contributed by atoms with Crippen LogP contribution in [0.3, 0.4) is 0 Å². The Morgan fingerprint density at radius 1 is 1.00 bits per heavy atom. The van der Waals surface area contributed by atoms with Crippen molar-refractivity contribution in [3.05, 3.63) is 61.9 Å². The summed E-state index contributed by atoms with van der Waals surface area (Å²) < 4.78 is 52.4. The van der Waals surface area contributed by atoms with Crippen LogP contribution in [0, 0.1) is 26.0 Å². The van der Waals surface area contributed by atoms with E-state index in [-0.39, 0.29) is 6.07 Å². The van der Waals surface area contributed by atoms with Gasteiger partial charge in [0.25, 0.3) is 11.4 Å². The number of carbonyl (C=O) groups is 1. The summed E-state index contributed by atoms with van der Waals surface area (Å²) in [5, 5.41) is 25.3. The highest BCUT2D eigenvalue weighted by Crippen LogP contribution is 2.38. The number of anilines is 3. The van der Waals surface area contributed by atoms with Crippen molar-refractivity contribution >= 4 is 34.5 Å². The van der Waals surface area contributed by atoms with Crippen molar-refractivity contribution in [1.29, 1.82) is 0 Å². The van der Waals surface area contributed by atoms with Gasteiger partial charge in [0.1, 0.15) is 11.5 Å². The third kappa shape index (κ3) is 4.40. The van der Waals surface area contributed by atoms with E-state index in [1.54, 1.807) is 0 Å². The van der Waals surface area contributed by atoms with Crippen LogP contribution in [0.2, 0.25) is 0 Å². The lowest BCUT2D eigenvalue weighted by Crippen LogP contribution is -2.22. The van der Waals surface area contributed by atoms with E-state index in [0.29, 0.717) is 18.2 Å². The number of rotatable bonds is 4. The summed E-state index contributed by atoms with van der Waals surface area (Å²) in [7, 11) is 0. The van der Waals surface area contributed by atoms with E-state index < -0.39 is 61.9 Å².